The quantitative estimate of drug-likeness (QED) is 0.809. The number of quaternary nitrogens is 1. The summed E-state index contributed by atoms with van der Waals surface area (Å²) in [5.41, 5.74) is 1.81. The molecule has 1 heterocycles. The minimum Gasteiger partial charge on any atom is -0.335 e. The number of nitrogens with zero attached hydrogens (tertiary/aromatic N) is 1. The third-order valence-electron chi connectivity index (χ3n) is 3.54. The maximum atomic E-state index is 12.6. The third kappa shape index (κ3) is 2.58. The summed E-state index contributed by atoms with van der Waals surface area (Å²) in [4.78, 5) is 1.85. The van der Waals surface area contributed by atoms with E-state index in [0.29, 0.717) is 18.0 Å². The van der Waals surface area contributed by atoms with E-state index in [9.17, 15) is 8.42 Å². The second-order valence-corrected chi connectivity index (χ2v) is 7.04. The lowest BCUT2D eigenvalue weighted by molar-refractivity contribution is -0.883. The van der Waals surface area contributed by atoms with E-state index < -0.39 is 10.0 Å². The van der Waals surface area contributed by atoms with Gasteiger partial charge in [-0.2, -0.15) is 4.31 Å². The van der Waals surface area contributed by atoms with E-state index in [-0.39, 0.29) is 0 Å². The van der Waals surface area contributed by atoms with Crippen LogP contribution in [-0.2, 0) is 10.0 Å². The van der Waals surface area contributed by atoms with Gasteiger partial charge in [-0.1, -0.05) is 12.1 Å². The number of aryl methyl sites for hydroxylation is 2. The van der Waals surface area contributed by atoms with Gasteiger partial charge in [0.15, 0.2) is 0 Å². The second-order valence-electron chi connectivity index (χ2n) is 5.13. The molecule has 1 aliphatic heterocycles. The van der Waals surface area contributed by atoms with Crippen molar-refractivity contribution in [3.8, 4) is 0 Å². The highest BCUT2D eigenvalue weighted by molar-refractivity contribution is 7.89. The van der Waals surface area contributed by atoms with Crippen LogP contribution >= 0.6 is 0 Å². The molecule has 0 aliphatic carbocycles. The number of benzene rings is 1. The molecule has 5 heteroatoms. The Morgan fingerprint density at radius 1 is 1.17 bits per heavy atom. The van der Waals surface area contributed by atoms with E-state index in [1.165, 1.54) is 4.90 Å². The molecule has 1 aromatic carbocycles. The van der Waals surface area contributed by atoms with Gasteiger partial charge in [0.2, 0.25) is 10.0 Å². The number of hydrogen-bond donors (Lipinski definition) is 1. The van der Waals surface area contributed by atoms with Gasteiger partial charge in [-0.25, -0.2) is 8.42 Å². The highest BCUT2D eigenvalue weighted by Gasteiger charge is 2.30. The van der Waals surface area contributed by atoms with Gasteiger partial charge in [-0.3, -0.25) is 0 Å². The topological polar surface area (TPSA) is 41.8 Å². The molecular formula is C13H21N2O2S+. The van der Waals surface area contributed by atoms with Crippen LogP contribution in [0, 0.1) is 13.8 Å². The number of sulfonamides is 1. The number of hydrogen-bond acceptors (Lipinski definition) is 2. The summed E-state index contributed by atoms with van der Waals surface area (Å²) in [7, 11) is -1.22. The lowest BCUT2D eigenvalue weighted by Gasteiger charge is -2.29. The lowest BCUT2D eigenvalue weighted by Crippen LogP contribution is -3.12. The van der Waals surface area contributed by atoms with Gasteiger partial charge in [0.05, 0.1) is 38.1 Å². The Kier molecular flexibility index (Phi) is 3.75. The molecule has 0 unspecified atom stereocenters. The number of rotatable bonds is 2. The zero-order valence-electron chi connectivity index (χ0n) is 11.2. The van der Waals surface area contributed by atoms with Gasteiger partial charge in [0.25, 0.3) is 0 Å². The van der Waals surface area contributed by atoms with Crippen molar-refractivity contribution in [2.75, 3.05) is 33.2 Å². The molecule has 100 valence electrons. The highest BCUT2D eigenvalue weighted by atomic mass is 32.2. The molecule has 0 spiro atoms. The molecule has 2 rings (SSSR count). The normalized spacial score (nSPS) is 19.1. The van der Waals surface area contributed by atoms with Crippen LogP contribution in [0.2, 0.25) is 0 Å². The zero-order valence-corrected chi connectivity index (χ0v) is 12.0. The van der Waals surface area contributed by atoms with Gasteiger partial charge in [0, 0.05) is 0 Å². The van der Waals surface area contributed by atoms with Crippen LogP contribution in [0.15, 0.2) is 23.1 Å². The fraction of sp³-hybridized carbons (Fsp3) is 0.538. The number of nitrogens with one attached hydrogen (secondary N) is 1. The monoisotopic (exact) mass is 269 g/mol. The molecule has 1 aromatic rings. The summed E-state index contributed by atoms with van der Waals surface area (Å²) < 4.78 is 26.8. The van der Waals surface area contributed by atoms with E-state index in [1.54, 1.807) is 10.4 Å². The average molecular weight is 269 g/mol. The van der Waals surface area contributed by atoms with Crippen LogP contribution in [0.1, 0.15) is 11.1 Å². The minimum atomic E-state index is -3.32. The summed E-state index contributed by atoms with van der Waals surface area (Å²) in [5.74, 6) is 0. The van der Waals surface area contributed by atoms with Crippen LogP contribution in [0.3, 0.4) is 0 Å². The van der Waals surface area contributed by atoms with Crippen LogP contribution in [-0.4, -0.2) is 45.9 Å². The van der Waals surface area contributed by atoms with E-state index in [2.05, 4.69) is 7.05 Å². The van der Waals surface area contributed by atoms with Gasteiger partial charge in [-0.05, 0) is 31.0 Å². The van der Waals surface area contributed by atoms with E-state index in [1.807, 2.05) is 26.0 Å². The van der Waals surface area contributed by atoms with Crippen molar-refractivity contribution >= 4 is 10.0 Å². The first kappa shape index (κ1) is 13.5. The third-order valence-corrected chi connectivity index (χ3v) is 5.58. The van der Waals surface area contributed by atoms with Crippen LogP contribution < -0.4 is 4.90 Å². The largest absolute Gasteiger partial charge is 0.335 e. The predicted octanol–water partition coefficient (Wildman–Crippen LogP) is -0.178. The van der Waals surface area contributed by atoms with Crippen LogP contribution in [0.5, 0.6) is 0 Å². The van der Waals surface area contributed by atoms with Gasteiger partial charge in [0.1, 0.15) is 0 Å². The van der Waals surface area contributed by atoms with Crippen molar-refractivity contribution in [3.63, 3.8) is 0 Å². The second kappa shape index (κ2) is 4.99. The molecule has 1 saturated heterocycles. The maximum Gasteiger partial charge on any atom is 0.243 e. The first-order valence-corrected chi connectivity index (χ1v) is 7.74. The Bertz CT molecular complexity index is 532. The van der Waals surface area contributed by atoms with Gasteiger partial charge in [-0.15, -0.1) is 0 Å². The number of likely N-dealkylation sites (N-methyl/N-ethyl adjacent to an activating group) is 1. The molecule has 4 nitrogen and oxygen atoms in total. The summed E-state index contributed by atoms with van der Waals surface area (Å²) >= 11 is 0. The number of piperazine rings is 1. The van der Waals surface area contributed by atoms with E-state index in [4.69, 9.17) is 0 Å². The summed E-state index contributed by atoms with van der Waals surface area (Å²) in [6.07, 6.45) is 0. The molecule has 1 aliphatic rings. The SMILES string of the molecule is Cc1ccc(C)c(S(=O)(=O)N2CC[NH+](C)CC2)c1. The zero-order chi connectivity index (χ0) is 13.3. The Hall–Kier alpha value is -0.910. The standard InChI is InChI=1S/C13H20N2O2S/c1-11-4-5-12(2)13(10-11)18(16,17)15-8-6-14(3)7-9-15/h4-5,10H,6-9H2,1-3H3/p+1. The Labute approximate surface area is 109 Å². The highest BCUT2D eigenvalue weighted by Crippen LogP contribution is 2.21. The molecular weight excluding hydrogens is 248 g/mol. The fourth-order valence-corrected chi connectivity index (χ4v) is 3.98. The summed E-state index contributed by atoms with van der Waals surface area (Å²) in [6, 6.07) is 5.60. The van der Waals surface area contributed by atoms with Crippen molar-refractivity contribution in [1.29, 1.82) is 0 Å². The van der Waals surface area contributed by atoms with E-state index >= 15 is 0 Å². The Morgan fingerprint density at radius 3 is 2.39 bits per heavy atom. The van der Waals surface area contributed by atoms with Crippen molar-refractivity contribution < 1.29 is 13.3 Å². The first-order valence-electron chi connectivity index (χ1n) is 6.30. The predicted molar refractivity (Wildman–Crippen MR) is 71.3 cm³/mol. The van der Waals surface area contributed by atoms with Crippen molar-refractivity contribution in [2.24, 2.45) is 0 Å². The molecule has 0 saturated carbocycles. The molecule has 1 fully saturated rings. The van der Waals surface area contributed by atoms with Crippen molar-refractivity contribution in [2.45, 2.75) is 18.7 Å². The molecule has 0 amide bonds. The smallest absolute Gasteiger partial charge is 0.243 e. The molecule has 1 N–H and O–H groups in total. The van der Waals surface area contributed by atoms with Crippen LogP contribution in [0.25, 0.3) is 0 Å². The van der Waals surface area contributed by atoms with Crippen molar-refractivity contribution in [3.05, 3.63) is 29.3 Å². The minimum absolute atomic E-state index is 0.460. The molecule has 0 atom stereocenters. The molecule has 0 radical (unpaired) electrons. The van der Waals surface area contributed by atoms with Gasteiger partial charge >= 0.3 is 0 Å². The molecule has 0 bridgehead atoms. The molecule has 18 heavy (non-hydrogen) atoms. The molecule has 0 aromatic heterocycles. The Balaban J connectivity index is 2.33. The first-order chi connectivity index (χ1) is 8.41. The lowest BCUT2D eigenvalue weighted by atomic mass is 10.2. The summed E-state index contributed by atoms with van der Waals surface area (Å²) in [6.45, 7) is 6.76. The Morgan fingerprint density at radius 2 is 1.78 bits per heavy atom. The fourth-order valence-electron chi connectivity index (χ4n) is 2.23. The maximum absolute atomic E-state index is 12.6. The van der Waals surface area contributed by atoms with E-state index in [0.717, 1.165) is 24.2 Å². The average Bonchev–Trinajstić information content (AvgIpc) is 2.32. The van der Waals surface area contributed by atoms with Crippen molar-refractivity contribution in [1.82, 2.24) is 4.31 Å². The van der Waals surface area contributed by atoms with Gasteiger partial charge < -0.3 is 4.90 Å². The summed E-state index contributed by atoms with van der Waals surface area (Å²) in [5, 5.41) is 0. The van der Waals surface area contributed by atoms with Crippen LogP contribution in [0.4, 0.5) is 0 Å².